The lowest BCUT2D eigenvalue weighted by atomic mass is 10.3. The Kier molecular flexibility index (Phi) is 2.00. The average Bonchev–Trinajstić information content (AvgIpc) is 3.11. The Labute approximate surface area is 108 Å². The molecule has 6 nitrogen and oxygen atoms in total. The van der Waals surface area contributed by atoms with Gasteiger partial charge in [-0.3, -0.25) is 0 Å². The predicted molar refractivity (Wildman–Crippen MR) is 71.8 cm³/mol. The summed E-state index contributed by atoms with van der Waals surface area (Å²) in [5.74, 6) is 0.984. The maximum Gasteiger partial charge on any atom is 0.139 e. The molecular formula is C13H12N6. The first-order valence-electron chi connectivity index (χ1n) is 6.08. The van der Waals surface area contributed by atoms with Crippen LogP contribution in [0.3, 0.4) is 0 Å². The molecule has 0 radical (unpaired) electrons. The Morgan fingerprint density at radius 3 is 3.11 bits per heavy atom. The molecule has 0 atom stereocenters. The van der Waals surface area contributed by atoms with Crippen molar-refractivity contribution in [1.82, 2.24) is 29.5 Å². The summed E-state index contributed by atoms with van der Waals surface area (Å²) < 4.78 is 2.11. The second kappa shape index (κ2) is 3.68. The number of hydrogen-bond donors (Lipinski definition) is 2. The van der Waals surface area contributed by atoms with Gasteiger partial charge in [0.05, 0.1) is 23.7 Å². The quantitative estimate of drug-likeness (QED) is 0.571. The second-order valence-electron chi connectivity index (χ2n) is 4.56. The van der Waals surface area contributed by atoms with Gasteiger partial charge in [-0.05, 0) is 6.07 Å². The van der Waals surface area contributed by atoms with Gasteiger partial charge in [0, 0.05) is 31.2 Å². The zero-order chi connectivity index (χ0) is 12.8. The molecule has 4 aromatic rings. The predicted octanol–water partition coefficient (Wildman–Crippen LogP) is 1.76. The first-order chi connectivity index (χ1) is 9.33. The number of fused-ring (bicyclic) bond motifs is 3. The van der Waals surface area contributed by atoms with Gasteiger partial charge in [0.1, 0.15) is 17.0 Å². The largest absolute Gasteiger partial charge is 0.351 e. The van der Waals surface area contributed by atoms with Gasteiger partial charge in [-0.1, -0.05) is 0 Å². The van der Waals surface area contributed by atoms with Crippen LogP contribution in [0.2, 0.25) is 0 Å². The van der Waals surface area contributed by atoms with Crippen LogP contribution in [-0.2, 0) is 13.5 Å². The van der Waals surface area contributed by atoms with Crippen LogP contribution < -0.4 is 0 Å². The van der Waals surface area contributed by atoms with Crippen LogP contribution in [0, 0.1) is 0 Å². The fraction of sp³-hybridized carbons (Fsp3) is 0.154. The van der Waals surface area contributed by atoms with E-state index in [-0.39, 0.29) is 0 Å². The molecule has 0 aliphatic heterocycles. The van der Waals surface area contributed by atoms with Crippen LogP contribution in [0.15, 0.2) is 31.0 Å². The van der Waals surface area contributed by atoms with E-state index in [1.807, 2.05) is 31.7 Å². The number of aromatic nitrogens is 6. The van der Waals surface area contributed by atoms with E-state index in [4.69, 9.17) is 0 Å². The van der Waals surface area contributed by atoms with E-state index < -0.39 is 0 Å². The zero-order valence-corrected chi connectivity index (χ0v) is 10.4. The molecule has 0 aliphatic carbocycles. The summed E-state index contributed by atoms with van der Waals surface area (Å²) in [6.07, 6.45) is 7.99. The van der Waals surface area contributed by atoms with Gasteiger partial charge < -0.3 is 14.5 Å². The Morgan fingerprint density at radius 1 is 1.32 bits per heavy atom. The lowest BCUT2D eigenvalue weighted by Crippen LogP contribution is -1.99. The van der Waals surface area contributed by atoms with Crippen molar-refractivity contribution in [2.45, 2.75) is 6.42 Å². The average molecular weight is 252 g/mol. The molecule has 0 saturated carbocycles. The smallest absolute Gasteiger partial charge is 0.139 e. The first kappa shape index (κ1) is 10.3. The number of imidazole rings is 2. The fourth-order valence-corrected chi connectivity index (χ4v) is 2.47. The van der Waals surface area contributed by atoms with E-state index >= 15 is 0 Å². The SMILES string of the molecule is Cn1c(Cc2c[nH]cn2)nc2cnc3[nH]ccc3c21. The van der Waals surface area contributed by atoms with Crippen molar-refractivity contribution in [3.8, 4) is 0 Å². The van der Waals surface area contributed by atoms with Gasteiger partial charge in [-0.15, -0.1) is 0 Å². The van der Waals surface area contributed by atoms with Crippen molar-refractivity contribution in [1.29, 1.82) is 0 Å². The summed E-state index contributed by atoms with van der Waals surface area (Å²) in [7, 11) is 2.03. The molecule has 0 amide bonds. The molecule has 4 rings (SSSR count). The highest BCUT2D eigenvalue weighted by atomic mass is 15.1. The molecule has 0 unspecified atom stereocenters. The molecule has 94 valence electrons. The zero-order valence-electron chi connectivity index (χ0n) is 10.4. The number of rotatable bonds is 2. The third-order valence-electron chi connectivity index (χ3n) is 3.41. The Hall–Kier alpha value is -2.63. The maximum atomic E-state index is 4.65. The number of pyridine rings is 1. The lowest BCUT2D eigenvalue weighted by Gasteiger charge is -2.00. The van der Waals surface area contributed by atoms with E-state index in [0.717, 1.165) is 33.6 Å². The van der Waals surface area contributed by atoms with Crippen LogP contribution in [0.5, 0.6) is 0 Å². The van der Waals surface area contributed by atoms with Crippen LogP contribution in [0.4, 0.5) is 0 Å². The third kappa shape index (κ3) is 1.46. The van der Waals surface area contributed by atoms with E-state index in [9.17, 15) is 0 Å². The molecule has 19 heavy (non-hydrogen) atoms. The minimum absolute atomic E-state index is 0.709. The van der Waals surface area contributed by atoms with Gasteiger partial charge >= 0.3 is 0 Å². The standard InChI is InChI=1S/C13H12N6/c1-19-11(4-8-5-14-7-17-8)18-10-6-16-13-9(12(10)19)2-3-15-13/h2-3,5-7H,4H2,1H3,(H,14,17)(H,15,16). The lowest BCUT2D eigenvalue weighted by molar-refractivity contribution is 0.837. The molecular weight excluding hydrogens is 240 g/mol. The first-order valence-corrected chi connectivity index (χ1v) is 6.08. The van der Waals surface area contributed by atoms with E-state index in [1.54, 1.807) is 6.33 Å². The summed E-state index contributed by atoms with van der Waals surface area (Å²) in [4.78, 5) is 19.3. The highest BCUT2D eigenvalue weighted by Gasteiger charge is 2.13. The van der Waals surface area contributed by atoms with E-state index in [0.29, 0.717) is 6.42 Å². The van der Waals surface area contributed by atoms with Crippen molar-refractivity contribution in [2.75, 3.05) is 0 Å². The number of aromatic amines is 2. The van der Waals surface area contributed by atoms with Crippen molar-refractivity contribution < 1.29 is 0 Å². The molecule has 0 saturated heterocycles. The molecule has 6 heteroatoms. The van der Waals surface area contributed by atoms with Crippen LogP contribution in [-0.4, -0.2) is 29.5 Å². The van der Waals surface area contributed by atoms with Crippen molar-refractivity contribution in [3.63, 3.8) is 0 Å². The van der Waals surface area contributed by atoms with Crippen molar-refractivity contribution in [3.05, 3.63) is 42.5 Å². The highest BCUT2D eigenvalue weighted by molar-refractivity contribution is 6.01. The number of aryl methyl sites for hydroxylation is 1. The van der Waals surface area contributed by atoms with Crippen LogP contribution in [0.25, 0.3) is 22.1 Å². The Bertz CT molecular complexity index is 852. The Balaban J connectivity index is 1.95. The topological polar surface area (TPSA) is 75.2 Å². The molecule has 4 heterocycles. The van der Waals surface area contributed by atoms with Crippen LogP contribution in [0.1, 0.15) is 11.5 Å². The van der Waals surface area contributed by atoms with Gasteiger partial charge in [0.15, 0.2) is 0 Å². The maximum absolute atomic E-state index is 4.65. The molecule has 0 bridgehead atoms. The second-order valence-corrected chi connectivity index (χ2v) is 4.56. The third-order valence-corrected chi connectivity index (χ3v) is 3.41. The summed E-state index contributed by atoms with van der Waals surface area (Å²) in [5, 5.41) is 1.10. The molecule has 0 fully saturated rings. The van der Waals surface area contributed by atoms with Gasteiger partial charge in [0.25, 0.3) is 0 Å². The van der Waals surface area contributed by atoms with Crippen molar-refractivity contribution >= 4 is 22.1 Å². The molecule has 0 aromatic carbocycles. The summed E-state index contributed by atoms with van der Waals surface area (Å²) in [5.41, 5.74) is 3.90. The number of nitrogens with zero attached hydrogens (tertiary/aromatic N) is 4. The molecule has 2 N–H and O–H groups in total. The van der Waals surface area contributed by atoms with E-state index in [1.165, 1.54) is 0 Å². The summed E-state index contributed by atoms with van der Waals surface area (Å²) >= 11 is 0. The molecule has 4 aromatic heterocycles. The summed E-state index contributed by atoms with van der Waals surface area (Å²) in [6.45, 7) is 0. The molecule has 0 spiro atoms. The minimum Gasteiger partial charge on any atom is -0.351 e. The van der Waals surface area contributed by atoms with Gasteiger partial charge in [-0.25, -0.2) is 15.0 Å². The highest BCUT2D eigenvalue weighted by Crippen LogP contribution is 2.23. The van der Waals surface area contributed by atoms with Gasteiger partial charge in [0.2, 0.25) is 0 Å². The fourth-order valence-electron chi connectivity index (χ4n) is 2.47. The normalized spacial score (nSPS) is 11.6. The minimum atomic E-state index is 0.709. The van der Waals surface area contributed by atoms with Crippen molar-refractivity contribution in [2.24, 2.45) is 7.05 Å². The number of H-pyrrole nitrogens is 2. The van der Waals surface area contributed by atoms with Crippen LogP contribution >= 0.6 is 0 Å². The van der Waals surface area contributed by atoms with E-state index in [2.05, 4.69) is 29.5 Å². The monoisotopic (exact) mass is 252 g/mol. The Morgan fingerprint density at radius 2 is 2.26 bits per heavy atom. The number of nitrogens with one attached hydrogen (secondary N) is 2. The van der Waals surface area contributed by atoms with Gasteiger partial charge in [-0.2, -0.15) is 0 Å². The number of hydrogen-bond acceptors (Lipinski definition) is 3. The summed E-state index contributed by atoms with van der Waals surface area (Å²) in [6, 6.07) is 2.03. The molecule has 0 aliphatic rings.